The number of aldehydes is 1. The molecule has 0 heterocycles. The van der Waals surface area contributed by atoms with Gasteiger partial charge in [-0.05, 0) is 169 Å². The SMILES string of the molecule is C=CC(=O)OCCCCCCOc1ccc(C(=O)OC2CCC(C(=O)Oc3ccc(C(=O)OC4CCC(C(=O)Oc5ccc(OCCCCCCOC(=O)CCCl)cc5)CC4)c(C=O)c3)CC2)cc1. The highest BCUT2D eigenvalue weighted by atomic mass is 35.5. The van der Waals surface area contributed by atoms with E-state index in [0.717, 1.165) is 57.4 Å². The van der Waals surface area contributed by atoms with Gasteiger partial charge in [-0.15, -0.1) is 11.6 Å². The molecule has 2 fully saturated rings. The summed E-state index contributed by atoms with van der Waals surface area (Å²) in [5, 5.41) is 0. The Labute approximate surface area is 408 Å². The van der Waals surface area contributed by atoms with Crippen LogP contribution in [0.15, 0.2) is 79.4 Å². The van der Waals surface area contributed by atoms with Crippen molar-refractivity contribution in [2.45, 2.75) is 121 Å². The van der Waals surface area contributed by atoms with Gasteiger partial charge in [-0.2, -0.15) is 0 Å². The van der Waals surface area contributed by atoms with Gasteiger partial charge in [-0.3, -0.25) is 19.2 Å². The first kappa shape index (κ1) is 53.7. The van der Waals surface area contributed by atoms with Gasteiger partial charge in [-0.25, -0.2) is 14.4 Å². The molecule has 0 aromatic heterocycles. The van der Waals surface area contributed by atoms with Gasteiger partial charge >= 0.3 is 35.8 Å². The summed E-state index contributed by atoms with van der Waals surface area (Å²) >= 11 is 5.52. The summed E-state index contributed by atoms with van der Waals surface area (Å²) in [5.41, 5.74) is 0.447. The minimum atomic E-state index is -0.688. The van der Waals surface area contributed by atoms with Crippen molar-refractivity contribution in [3.05, 3.63) is 96.1 Å². The third-order valence-corrected chi connectivity index (χ3v) is 12.1. The van der Waals surface area contributed by atoms with Crippen molar-refractivity contribution in [1.29, 1.82) is 0 Å². The second-order valence-electron chi connectivity index (χ2n) is 17.0. The van der Waals surface area contributed by atoms with E-state index in [4.69, 9.17) is 49.5 Å². The maximum Gasteiger partial charge on any atom is 0.339 e. The average Bonchev–Trinajstić information content (AvgIpc) is 3.36. The van der Waals surface area contributed by atoms with Gasteiger partial charge in [0.05, 0.1) is 55.8 Å². The molecular weight excluding hydrogens is 912 g/mol. The Kier molecular flexibility index (Phi) is 23.1. The standard InChI is InChI=1S/C53H63ClO15/c1-2-48(56)64-33-9-5-3-7-31-62-41-17-11-37(12-18-41)50(58)66-43-19-13-39(14-20-43)52(60)69-46-27-28-47(40(35-46)36-55)53(61)68-44-21-15-38(16-22-44)51(59)67-45-25-23-42(24-26-45)63-32-8-4-6-10-34-65-49(57)29-30-54/h2,11-12,17-18,23-28,35-36,38-39,43-44H,1,3-10,13-16,19-22,29-34H2. The molecule has 0 atom stereocenters. The predicted molar refractivity (Wildman–Crippen MR) is 254 cm³/mol. The minimum absolute atomic E-state index is 0.0157. The Morgan fingerprint density at radius 3 is 1.54 bits per heavy atom. The van der Waals surface area contributed by atoms with Crippen LogP contribution in [-0.2, 0) is 38.1 Å². The lowest BCUT2D eigenvalue weighted by atomic mass is 9.87. The number of carbonyl (C=O) groups excluding carboxylic acids is 7. The van der Waals surface area contributed by atoms with Crippen LogP contribution in [0.3, 0.4) is 0 Å². The van der Waals surface area contributed by atoms with Gasteiger partial charge in [0.2, 0.25) is 0 Å². The van der Waals surface area contributed by atoms with Crippen molar-refractivity contribution in [3.8, 4) is 23.0 Å². The van der Waals surface area contributed by atoms with Crippen molar-refractivity contribution in [2.75, 3.05) is 32.3 Å². The molecule has 0 N–H and O–H groups in total. The zero-order valence-electron chi connectivity index (χ0n) is 39.1. The monoisotopic (exact) mass is 974 g/mol. The summed E-state index contributed by atoms with van der Waals surface area (Å²) in [5.74, 6) is -1.40. The molecule has 0 bridgehead atoms. The Morgan fingerprint density at radius 2 is 1.01 bits per heavy atom. The third-order valence-electron chi connectivity index (χ3n) is 11.9. The minimum Gasteiger partial charge on any atom is -0.494 e. The lowest BCUT2D eigenvalue weighted by Crippen LogP contribution is -2.30. The summed E-state index contributed by atoms with van der Waals surface area (Å²) in [6, 6.07) is 17.8. The molecular formula is C53H63ClO15. The molecule has 16 heteroatoms. The lowest BCUT2D eigenvalue weighted by molar-refractivity contribution is -0.143. The number of rotatable bonds is 28. The molecule has 2 aliphatic carbocycles. The molecule has 0 spiro atoms. The van der Waals surface area contributed by atoms with Gasteiger partial charge in [0.1, 0.15) is 35.2 Å². The van der Waals surface area contributed by atoms with Crippen LogP contribution < -0.4 is 18.9 Å². The lowest BCUT2D eigenvalue weighted by Gasteiger charge is -2.27. The first-order valence-corrected chi connectivity index (χ1v) is 24.5. The number of alkyl halides is 1. The van der Waals surface area contributed by atoms with Crippen molar-refractivity contribution < 1.29 is 71.5 Å². The van der Waals surface area contributed by atoms with Crippen LogP contribution >= 0.6 is 11.6 Å². The van der Waals surface area contributed by atoms with Crippen molar-refractivity contribution in [3.63, 3.8) is 0 Å². The first-order valence-electron chi connectivity index (χ1n) is 24.0. The normalized spacial score (nSPS) is 17.6. The number of ether oxygens (including phenoxy) is 8. The highest BCUT2D eigenvalue weighted by molar-refractivity contribution is 6.18. The summed E-state index contributed by atoms with van der Waals surface area (Å²) in [6.45, 7) is 5.18. The molecule has 69 heavy (non-hydrogen) atoms. The van der Waals surface area contributed by atoms with E-state index in [1.807, 2.05) is 0 Å². The van der Waals surface area contributed by atoms with Crippen LogP contribution in [0.4, 0.5) is 0 Å². The molecule has 0 unspecified atom stereocenters. The largest absolute Gasteiger partial charge is 0.494 e. The fraction of sp³-hybridized carbons (Fsp3) is 0.491. The molecule has 372 valence electrons. The molecule has 15 nitrogen and oxygen atoms in total. The predicted octanol–water partition coefficient (Wildman–Crippen LogP) is 9.92. The highest BCUT2D eigenvalue weighted by Crippen LogP contribution is 2.32. The van der Waals surface area contributed by atoms with Crippen molar-refractivity contribution in [2.24, 2.45) is 11.8 Å². The van der Waals surface area contributed by atoms with E-state index in [1.54, 1.807) is 48.5 Å². The number of benzene rings is 3. The second kappa shape index (κ2) is 29.6. The van der Waals surface area contributed by atoms with Gasteiger partial charge in [0, 0.05) is 17.5 Å². The van der Waals surface area contributed by atoms with E-state index >= 15 is 0 Å². The van der Waals surface area contributed by atoms with Crippen molar-refractivity contribution >= 4 is 53.7 Å². The molecule has 2 aliphatic rings. The van der Waals surface area contributed by atoms with E-state index in [1.165, 1.54) is 18.2 Å². The summed E-state index contributed by atoms with van der Waals surface area (Å²) in [4.78, 5) is 86.6. The topological polar surface area (TPSA) is 193 Å². The van der Waals surface area contributed by atoms with Gasteiger partial charge in [0.15, 0.2) is 6.29 Å². The number of esters is 6. The zero-order chi connectivity index (χ0) is 49.2. The smallest absolute Gasteiger partial charge is 0.339 e. The molecule has 0 aliphatic heterocycles. The summed E-state index contributed by atoms with van der Waals surface area (Å²) in [6.07, 6.45) is 11.6. The Balaban J connectivity index is 0.942. The Morgan fingerprint density at radius 1 is 0.551 bits per heavy atom. The molecule has 0 saturated heterocycles. The van der Waals surface area contributed by atoms with Crippen LogP contribution in [-0.4, -0.2) is 86.6 Å². The van der Waals surface area contributed by atoms with Gasteiger partial charge in [0.25, 0.3) is 0 Å². The van der Waals surface area contributed by atoms with Crippen LogP contribution in [0.5, 0.6) is 23.0 Å². The summed E-state index contributed by atoms with van der Waals surface area (Å²) in [7, 11) is 0. The van der Waals surface area contributed by atoms with Crippen LogP contribution in [0.1, 0.15) is 140 Å². The Bertz CT molecular complexity index is 2140. The van der Waals surface area contributed by atoms with E-state index in [2.05, 4.69) is 6.58 Å². The number of carbonyl (C=O) groups is 7. The molecule has 3 aromatic rings. The van der Waals surface area contributed by atoms with Crippen LogP contribution in [0, 0.1) is 11.8 Å². The number of hydrogen-bond acceptors (Lipinski definition) is 15. The average molecular weight is 976 g/mol. The first-order chi connectivity index (χ1) is 33.5. The fourth-order valence-corrected chi connectivity index (χ4v) is 8.06. The quantitative estimate of drug-likeness (QED) is 0.0127. The van der Waals surface area contributed by atoms with Gasteiger partial charge in [-0.1, -0.05) is 6.58 Å². The molecule has 0 amide bonds. The van der Waals surface area contributed by atoms with Gasteiger partial charge < -0.3 is 37.9 Å². The number of unbranched alkanes of at least 4 members (excludes halogenated alkanes) is 6. The van der Waals surface area contributed by atoms with Crippen molar-refractivity contribution in [1.82, 2.24) is 0 Å². The van der Waals surface area contributed by atoms with E-state index in [9.17, 15) is 33.6 Å². The van der Waals surface area contributed by atoms with Crippen LogP contribution in [0.25, 0.3) is 0 Å². The highest BCUT2D eigenvalue weighted by Gasteiger charge is 2.32. The maximum atomic E-state index is 13.2. The number of halogens is 1. The second-order valence-corrected chi connectivity index (χ2v) is 17.4. The molecule has 3 aromatic carbocycles. The van der Waals surface area contributed by atoms with E-state index in [0.29, 0.717) is 107 Å². The third kappa shape index (κ3) is 19.0. The molecule has 2 saturated carbocycles. The molecule has 0 radical (unpaired) electrons. The Hall–Kier alpha value is -6.22. The van der Waals surface area contributed by atoms with E-state index in [-0.39, 0.29) is 53.1 Å². The maximum absolute atomic E-state index is 13.2. The van der Waals surface area contributed by atoms with E-state index < -0.39 is 35.9 Å². The number of hydrogen-bond donors (Lipinski definition) is 0. The zero-order valence-corrected chi connectivity index (χ0v) is 39.8. The summed E-state index contributed by atoms with van der Waals surface area (Å²) < 4.78 is 44.3. The van der Waals surface area contributed by atoms with Crippen LogP contribution in [0.2, 0.25) is 0 Å². The fourth-order valence-electron chi connectivity index (χ4n) is 7.91. The molecule has 5 rings (SSSR count).